The Labute approximate surface area is 127 Å². The Morgan fingerprint density at radius 2 is 2.19 bits per heavy atom. The molecule has 21 heavy (non-hydrogen) atoms. The van der Waals surface area contributed by atoms with Gasteiger partial charge in [-0.3, -0.25) is 0 Å². The van der Waals surface area contributed by atoms with Crippen LogP contribution in [0.2, 0.25) is 0 Å². The molecule has 3 aliphatic carbocycles. The molecule has 0 heterocycles. The van der Waals surface area contributed by atoms with Crippen molar-refractivity contribution in [1.82, 2.24) is 10.2 Å². The van der Waals surface area contributed by atoms with E-state index in [1.165, 1.54) is 32.1 Å². The van der Waals surface area contributed by atoms with Gasteiger partial charge in [-0.1, -0.05) is 6.42 Å². The van der Waals surface area contributed by atoms with Crippen LogP contribution in [0.1, 0.15) is 45.4 Å². The van der Waals surface area contributed by atoms with Gasteiger partial charge in [0.05, 0.1) is 12.7 Å². The number of nitrogens with zero attached hydrogens (tertiary/aromatic N) is 1. The molecular formula is C16H28N2O3. The lowest BCUT2D eigenvalue weighted by Gasteiger charge is -2.61. The fraction of sp³-hybridized carbons (Fsp3) is 0.938. The molecule has 3 rings (SSSR count). The number of aliphatic hydroxyl groups is 1. The third kappa shape index (κ3) is 2.90. The van der Waals surface area contributed by atoms with Crippen molar-refractivity contribution in [3.63, 3.8) is 0 Å². The van der Waals surface area contributed by atoms with Gasteiger partial charge in [0.15, 0.2) is 0 Å². The van der Waals surface area contributed by atoms with Crippen LogP contribution in [-0.2, 0) is 4.74 Å². The first-order valence-electron chi connectivity index (χ1n) is 8.47. The molecule has 0 aromatic heterocycles. The second kappa shape index (κ2) is 6.13. The van der Waals surface area contributed by atoms with Crippen molar-refractivity contribution in [2.75, 3.05) is 26.3 Å². The summed E-state index contributed by atoms with van der Waals surface area (Å²) in [6.45, 7) is 4.07. The van der Waals surface area contributed by atoms with Crippen LogP contribution in [-0.4, -0.2) is 54.5 Å². The van der Waals surface area contributed by atoms with E-state index in [1.807, 2.05) is 6.92 Å². The van der Waals surface area contributed by atoms with Crippen LogP contribution in [0, 0.1) is 11.3 Å². The van der Waals surface area contributed by atoms with Gasteiger partial charge >= 0.3 is 6.03 Å². The Balaban J connectivity index is 1.54. The number of nitrogens with one attached hydrogen (secondary N) is 1. The number of urea groups is 1. The van der Waals surface area contributed by atoms with E-state index in [9.17, 15) is 4.79 Å². The van der Waals surface area contributed by atoms with Gasteiger partial charge in [0.25, 0.3) is 0 Å². The number of hydrogen-bond acceptors (Lipinski definition) is 3. The molecule has 2 atom stereocenters. The van der Waals surface area contributed by atoms with Crippen molar-refractivity contribution in [2.24, 2.45) is 11.3 Å². The lowest BCUT2D eigenvalue weighted by atomic mass is 9.51. The van der Waals surface area contributed by atoms with Crippen LogP contribution >= 0.6 is 0 Å². The first kappa shape index (κ1) is 15.1. The molecule has 2 N–H and O–H groups in total. The Hall–Kier alpha value is -0.810. The number of rotatable bonds is 7. The van der Waals surface area contributed by atoms with E-state index in [1.54, 1.807) is 4.90 Å². The van der Waals surface area contributed by atoms with Crippen LogP contribution in [0.3, 0.4) is 0 Å². The summed E-state index contributed by atoms with van der Waals surface area (Å²) in [5.74, 6) is 0.650. The predicted molar refractivity (Wildman–Crippen MR) is 80.0 cm³/mol. The molecule has 5 heteroatoms. The fourth-order valence-corrected chi connectivity index (χ4v) is 3.89. The average molecular weight is 296 g/mol. The highest BCUT2D eigenvalue weighted by Gasteiger charge is 2.59. The lowest BCUT2D eigenvalue weighted by molar-refractivity contribution is -0.169. The molecule has 0 aliphatic heterocycles. The van der Waals surface area contributed by atoms with Gasteiger partial charge in [-0.15, -0.1) is 0 Å². The molecule has 0 saturated heterocycles. The number of carbonyl (C=O) groups excluding carboxylic acids is 1. The summed E-state index contributed by atoms with van der Waals surface area (Å²) in [6, 6.07) is 0.262. The quantitative estimate of drug-likeness (QED) is 0.752. The van der Waals surface area contributed by atoms with Crippen molar-refractivity contribution < 1.29 is 14.6 Å². The second-order valence-corrected chi connectivity index (χ2v) is 6.88. The van der Waals surface area contributed by atoms with Gasteiger partial charge in [0.1, 0.15) is 0 Å². The Kier molecular flexibility index (Phi) is 4.41. The summed E-state index contributed by atoms with van der Waals surface area (Å²) in [7, 11) is 0. The smallest absolute Gasteiger partial charge is 0.317 e. The number of ether oxygens (including phenoxy) is 1. The Bertz CT molecular complexity index is 380. The van der Waals surface area contributed by atoms with Crippen LogP contribution in [0.5, 0.6) is 0 Å². The summed E-state index contributed by atoms with van der Waals surface area (Å²) < 4.78 is 5.83. The Morgan fingerprint density at radius 1 is 1.43 bits per heavy atom. The SMILES string of the molecule is CCO[C@@H]1C[C@H](NC(=O)N(CCO)CC2CC2)C12CCC2. The summed E-state index contributed by atoms with van der Waals surface area (Å²) >= 11 is 0. The minimum atomic E-state index is 0.00201. The minimum Gasteiger partial charge on any atom is -0.395 e. The zero-order valence-corrected chi connectivity index (χ0v) is 13.0. The molecule has 3 saturated carbocycles. The fourth-order valence-electron chi connectivity index (χ4n) is 3.89. The lowest BCUT2D eigenvalue weighted by Crippen LogP contribution is -2.68. The van der Waals surface area contributed by atoms with Gasteiger partial charge in [-0.2, -0.15) is 0 Å². The van der Waals surface area contributed by atoms with Crippen molar-refractivity contribution >= 4 is 6.03 Å². The first-order valence-corrected chi connectivity index (χ1v) is 8.47. The summed E-state index contributed by atoms with van der Waals surface area (Å²) in [5.41, 5.74) is 0.204. The van der Waals surface area contributed by atoms with E-state index in [2.05, 4.69) is 5.32 Å². The van der Waals surface area contributed by atoms with Gasteiger partial charge < -0.3 is 20.1 Å². The molecule has 120 valence electrons. The van der Waals surface area contributed by atoms with Gasteiger partial charge in [-0.25, -0.2) is 4.79 Å². The summed E-state index contributed by atoms with van der Waals surface area (Å²) in [6.07, 6.45) is 7.30. The molecule has 5 nitrogen and oxygen atoms in total. The molecule has 0 bridgehead atoms. The van der Waals surface area contributed by atoms with Gasteiger partial charge in [0.2, 0.25) is 0 Å². The zero-order chi connectivity index (χ0) is 14.9. The Morgan fingerprint density at radius 3 is 2.71 bits per heavy atom. The number of carbonyl (C=O) groups is 1. The maximum atomic E-state index is 12.5. The van der Waals surface area contributed by atoms with Crippen molar-refractivity contribution in [2.45, 2.75) is 57.6 Å². The van der Waals surface area contributed by atoms with E-state index >= 15 is 0 Å². The second-order valence-electron chi connectivity index (χ2n) is 6.88. The number of amides is 2. The molecule has 0 aromatic rings. The molecule has 3 fully saturated rings. The number of aliphatic hydroxyl groups excluding tert-OH is 1. The molecule has 1 spiro atoms. The van der Waals surface area contributed by atoms with Crippen LogP contribution < -0.4 is 5.32 Å². The maximum absolute atomic E-state index is 12.5. The van der Waals surface area contributed by atoms with Crippen LogP contribution in [0.15, 0.2) is 0 Å². The van der Waals surface area contributed by atoms with E-state index in [0.29, 0.717) is 18.6 Å². The number of hydrogen-bond donors (Lipinski definition) is 2. The van der Waals surface area contributed by atoms with Crippen LogP contribution in [0.25, 0.3) is 0 Å². The molecule has 0 radical (unpaired) electrons. The largest absolute Gasteiger partial charge is 0.395 e. The summed E-state index contributed by atoms with van der Waals surface area (Å²) in [5, 5.41) is 12.4. The van der Waals surface area contributed by atoms with E-state index in [-0.39, 0.29) is 24.1 Å². The first-order chi connectivity index (χ1) is 10.2. The third-order valence-electron chi connectivity index (χ3n) is 5.57. The maximum Gasteiger partial charge on any atom is 0.317 e. The summed E-state index contributed by atoms with van der Waals surface area (Å²) in [4.78, 5) is 14.2. The van der Waals surface area contributed by atoms with E-state index in [4.69, 9.17) is 9.84 Å². The molecular weight excluding hydrogens is 268 g/mol. The standard InChI is InChI=1S/C16H28N2O3/c1-2-21-14-10-13(16(14)6-3-7-16)17-15(20)18(8-9-19)11-12-4-5-12/h12-14,19H,2-11H2,1H3,(H,17,20)/t13-,14+/m0/s1. The van der Waals surface area contributed by atoms with Gasteiger partial charge in [0, 0.05) is 31.2 Å². The molecule has 0 unspecified atom stereocenters. The molecule has 3 aliphatic rings. The van der Waals surface area contributed by atoms with Crippen LogP contribution in [0.4, 0.5) is 4.79 Å². The topological polar surface area (TPSA) is 61.8 Å². The highest BCUT2D eigenvalue weighted by molar-refractivity contribution is 5.75. The van der Waals surface area contributed by atoms with Crippen molar-refractivity contribution in [1.29, 1.82) is 0 Å². The van der Waals surface area contributed by atoms with Crippen molar-refractivity contribution in [3.05, 3.63) is 0 Å². The highest BCUT2D eigenvalue weighted by atomic mass is 16.5. The molecule has 0 aromatic carbocycles. The predicted octanol–water partition coefficient (Wildman–Crippen LogP) is 1.75. The average Bonchev–Trinajstić information content (AvgIpc) is 3.18. The van der Waals surface area contributed by atoms with E-state index < -0.39 is 0 Å². The third-order valence-corrected chi connectivity index (χ3v) is 5.57. The monoisotopic (exact) mass is 296 g/mol. The van der Waals surface area contributed by atoms with Crippen molar-refractivity contribution in [3.8, 4) is 0 Å². The minimum absolute atomic E-state index is 0.00201. The molecule has 2 amide bonds. The van der Waals surface area contributed by atoms with Gasteiger partial charge in [-0.05, 0) is 44.9 Å². The normalized spacial score (nSPS) is 29.6. The highest BCUT2D eigenvalue weighted by Crippen LogP contribution is 2.57. The zero-order valence-electron chi connectivity index (χ0n) is 13.0. The van der Waals surface area contributed by atoms with E-state index in [0.717, 1.165) is 19.6 Å².